The highest BCUT2D eigenvalue weighted by atomic mass is 32.1. The summed E-state index contributed by atoms with van der Waals surface area (Å²) in [6.07, 6.45) is 15.8. The lowest BCUT2D eigenvalue weighted by molar-refractivity contribution is 0.954. The largest absolute Gasteiger partial charge is 0.312 e. The molecular weight excluding hydrogens is 466 g/mol. The Kier molecular flexibility index (Phi) is 5.19. The first kappa shape index (κ1) is 22.3. The van der Waals surface area contributed by atoms with Crippen LogP contribution < -0.4 is 15.3 Å². The molecule has 3 aliphatic rings. The zero-order chi connectivity index (χ0) is 25.1. The van der Waals surface area contributed by atoms with E-state index in [-0.39, 0.29) is 0 Å². The summed E-state index contributed by atoms with van der Waals surface area (Å²) in [6.45, 7) is 8.80. The Morgan fingerprint density at radius 1 is 0.973 bits per heavy atom. The molecule has 180 valence electrons. The minimum atomic E-state index is 0.461. The van der Waals surface area contributed by atoms with E-state index in [9.17, 15) is 0 Å². The molecule has 2 aliphatic carbocycles. The smallest absolute Gasteiger partial charge is 0.0637 e. The summed E-state index contributed by atoms with van der Waals surface area (Å²) < 4.78 is 1.34. The van der Waals surface area contributed by atoms with Crippen molar-refractivity contribution in [2.45, 2.75) is 26.7 Å². The van der Waals surface area contributed by atoms with Gasteiger partial charge in [0, 0.05) is 32.4 Å². The second-order valence-electron chi connectivity index (χ2n) is 10.2. The van der Waals surface area contributed by atoms with Crippen LogP contribution in [0.5, 0.6) is 0 Å². The topological polar surface area (TPSA) is 3.24 Å². The van der Waals surface area contributed by atoms with Gasteiger partial charge in [-0.05, 0) is 83.5 Å². The molecule has 3 aromatic carbocycles. The first-order valence-electron chi connectivity index (χ1n) is 13.1. The number of anilines is 1. The molecule has 4 aromatic rings. The minimum absolute atomic E-state index is 0.461. The molecule has 7 rings (SSSR count). The third kappa shape index (κ3) is 3.43. The lowest BCUT2D eigenvalue weighted by Crippen LogP contribution is -2.42. The molecule has 1 nitrogen and oxygen atoms in total. The highest BCUT2D eigenvalue weighted by Crippen LogP contribution is 2.45. The normalized spacial score (nSPS) is 17.9. The summed E-state index contributed by atoms with van der Waals surface area (Å²) in [5.74, 6) is 0.461. The van der Waals surface area contributed by atoms with Gasteiger partial charge in [0.15, 0.2) is 0 Å². The van der Waals surface area contributed by atoms with Crippen LogP contribution in [0.25, 0.3) is 50.7 Å². The van der Waals surface area contributed by atoms with Crippen LogP contribution in [0.3, 0.4) is 0 Å². The predicted molar refractivity (Wildman–Crippen MR) is 163 cm³/mol. The van der Waals surface area contributed by atoms with Gasteiger partial charge >= 0.3 is 0 Å². The van der Waals surface area contributed by atoms with E-state index in [2.05, 4.69) is 122 Å². The molecule has 0 spiro atoms. The molecule has 1 aliphatic heterocycles. The number of hydrogen-bond acceptors (Lipinski definition) is 2. The quantitative estimate of drug-likeness (QED) is 0.276. The Morgan fingerprint density at radius 3 is 2.65 bits per heavy atom. The fraction of sp³-hybridized carbons (Fsp3) is 0.143. The Hall–Kier alpha value is -3.88. The van der Waals surface area contributed by atoms with E-state index < -0.39 is 0 Å². The van der Waals surface area contributed by atoms with Crippen LogP contribution in [-0.2, 0) is 0 Å². The summed E-state index contributed by atoms with van der Waals surface area (Å²) in [5, 5.41) is 4.07. The van der Waals surface area contributed by atoms with Crippen LogP contribution in [0.2, 0.25) is 0 Å². The summed E-state index contributed by atoms with van der Waals surface area (Å²) in [7, 11) is 0. The Balaban J connectivity index is 1.51. The van der Waals surface area contributed by atoms with Crippen molar-refractivity contribution in [1.29, 1.82) is 0 Å². The highest BCUT2D eigenvalue weighted by Gasteiger charge is 2.28. The van der Waals surface area contributed by atoms with Crippen molar-refractivity contribution >= 4 is 56.6 Å². The van der Waals surface area contributed by atoms with E-state index >= 15 is 0 Å². The van der Waals surface area contributed by atoms with Gasteiger partial charge in [-0.1, -0.05) is 80.3 Å². The van der Waals surface area contributed by atoms with Crippen molar-refractivity contribution in [2.75, 3.05) is 4.90 Å². The van der Waals surface area contributed by atoms with E-state index in [4.69, 9.17) is 0 Å². The number of fused-ring (bicyclic) bond motifs is 3. The minimum Gasteiger partial charge on any atom is -0.312 e. The lowest BCUT2D eigenvalue weighted by atomic mass is 9.87. The SMILES string of the molecule is C=CC1=C(C)c2cc(-c3ccccc3)cc3c2=C(CCC=3)N1c1cccc2c3c(sc12)C=CC(C)C=C3. The zero-order valence-corrected chi connectivity index (χ0v) is 22.1. The molecule has 1 aromatic heterocycles. The first-order chi connectivity index (χ1) is 18.1. The molecule has 0 bridgehead atoms. The molecule has 2 heterocycles. The predicted octanol–water partition coefficient (Wildman–Crippen LogP) is 8.36. The van der Waals surface area contributed by atoms with Crippen molar-refractivity contribution in [3.8, 4) is 11.1 Å². The number of thiophene rings is 1. The second kappa shape index (κ2) is 8.61. The first-order valence-corrected chi connectivity index (χ1v) is 13.9. The van der Waals surface area contributed by atoms with E-state index in [1.165, 1.54) is 70.3 Å². The summed E-state index contributed by atoms with van der Waals surface area (Å²) >= 11 is 1.91. The Morgan fingerprint density at radius 2 is 1.81 bits per heavy atom. The van der Waals surface area contributed by atoms with Gasteiger partial charge in [-0.15, -0.1) is 11.3 Å². The maximum atomic E-state index is 4.30. The van der Waals surface area contributed by atoms with E-state index in [1.807, 2.05) is 11.3 Å². The number of benzene rings is 3. The highest BCUT2D eigenvalue weighted by molar-refractivity contribution is 7.20. The van der Waals surface area contributed by atoms with Crippen molar-refractivity contribution < 1.29 is 0 Å². The average Bonchev–Trinajstić information content (AvgIpc) is 3.20. The van der Waals surface area contributed by atoms with Gasteiger partial charge in [0.2, 0.25) is 0 Å². The molecule has 1 unspecified atom stereocenters. The van der Waals surface area contributed by atoms with Crippen molar-refractivity contribution in [2.24, 2.45) is 5.92 Å². The molecule has 1 atom stereocenters. The van der Waals surface area contributed by atoms with E-state index in [0.717, 1.165) is 12.8 Å². The van der Waals surface area contributed by atoms with Gasteiger partial charge in [-0.25, -0.2) is 0 Å². The Labute approximate surface area is 222 Å². The number of rotatable bonds is 3. The standard InChI is InChI=1S/C35H29NS/c1-4-30-23(3)29-21-26(24-10-6-5-7-11-24)20-25-12-8-14-31(34(25)29)36(30)32-15-9-13-28-27-18-16-22(2)17-19-33(27)37-35(28)32/h4-7,9-13,15-22H,1,8,14H2,2-3H3. The fourth-order valence-electron chi connectivity index (χ4n) is 6.09. The summed E-state index contributed by atoms with van der Waals surface area (Å²) in [6, 6.07) is 22.3. The molecule has 0 fully saturated rings. The van der Waals surface area contributed by atoms with Gasteiger partial charge in [0.25, 0.3) is 0 Å². The van der Waals surface area contributed by atoms with Gasteiger partial charge in [0.05, 0.1) is 10.4 Å². The van der Waals surface area contributed by atoms with Crippen LogP contribution >= 0.6 is 11.3 Å². The van der Waals surface area contributed by atoms with Crippen LogP contribution in [0.4, 0.5) is 5.69 Å². The maximum Gasteiger partial charge on any atom is 0.0637 e. The van der Waals surface area contributed by atoms with Gasteiger partial charge in [0.1, 0.15) is 0 Å². The second-order valence-corrected chi connectivity index (χ2v) is 11.3. The van der Waals surface area contributed by atoms with Crippen molar-refractivity contribution in [3.05, 3.63) is 118 Å². The molecule has 0 amide bonds. The molecule has 2 heteroatoms. The lowest BCUT2D eigenvalue weighted by Gasteiger charge is -2.36. The molecule has 37 heavy (non-hydrogen) atoms. The number of hydrogen-bond donors (Lipinski definition) is 0. The monoisotopic (exact) mass is 495 g/mol. The van der Waals surface area contributed by atoms with Gasteiger partial charge in [-0.3, -0.25) is 0 Å². The summed E-state index contributed by atoms with van der Waals surface area (Å²) in [5.41, 5.74) is 10.3. The molecular formula is C35H29NS. The molecule has 0 radical (unpaired) electrons. The van der Waals surface area contributed by atoms with Crippen molar-refractivity contribution in [1.82, 2.24) is 0 Å². The van der Waals surface area contributed by atoms with E-state index in [1.54, 1.807) is 0 Å². The Bertz CT molecular complexity index is 1810. The van der Waals surface area contributed by atoms with Gasteiger partial charge < -0.3 is 4.90 Å². The third-order valence-corrected chi connectivity index (χ3v) is 9.13. The van der Waals surface area contributed by atoms with Crippen LogP contribution in [-0.4, -0.2) is 0 Å². The van der Waals surface area contributed by atoms with Gasteiger partial charge in [-0.2, -0.15) is 0 Å². The van der Waals surface area contributed by atoms with Crippen LogP contribution in [0, 0.1) is 5.92 Å². The molecule has 0 saturated carbocycles. The number of allylic oxidation sites excluding steroid dienone is 4. The van der Waals surface area contributed by atoms with Crippen LogP contribution in [0.15, 0.2) is 91.2 Å². The van der Waals surface area contributed by atoms with Crippen LogP contribution in [0.1, 0.15) is 42.7 Å². The fourth-order valence-corrected chi connectivity index (χ4v) is 7.30. The maximum absolute atomic E-state index is 4.30. The number of nitrogens with zero attached hydrogens (tertiary/aromatic N) is 1. The summed E-state index contributed by atoms with van der Waals surface area (Å²) in [4.78, 5) is 3.86. The van der Waals surface area contributed by atoms with E-state index in [0.29, 0.717) is 5.92 Å². The molecule has 0 N–H and O–H groups in total. The zero-order valence-electron chi connectivity index (χ0n) is 21.3. The average molecular weight is 496 g/mol. The molecule has 0 saturated heterocycles. The van der Waals surface area contributed by atoms with Crippen molar-refractivity contribution in [3.63, 3.8) is 0 Å². The third-order valence-electron chi connectivity index (χ3n) is 7.92.